The quantitative estimate of drug-likeness (QED) is 0.771. The van der Waals surface area contributed by atoms with Crippen LogP contribution in [0.2, 0.25) is 0 Å². The number of nitrogens with one attached hydrogen (secondary N) is 2. The molecule has 1 heterocycles. The van der Waals surface area contributed by atoms with Crippen LogP contribution in [0.5, 0.6) is 0 Å². The average molecular weight is 267 g/mol. The molecular formula is C9H12F3N3OS. The van der Waals surface area contributed by atoms with Crippen molar-refractivity contribution < 1.29 is 18.0 Å². The maximum atomic E-state index is 11.8. The first kappa shape index (κ1) is 13.9. The van der Waals surface area contributed by atoms with Gasteiger partial charge in [0.15, 0.2) is 0 Å². The third-order valence-electron chi connectivity index (χ3n) is 1.89. The number of carbonyl (C=O) groups excluding carboxylic acids is 1. The molecule has 0 aliphatic carbocycles. The Morgan fingerprint density at radius 1 is 1.53 bits per heavy atom. The van der Waals surface area contributed by atoms with Crippen LogP contribution in [0.25, 0.3) is 0 Å². The number of aromatic nitrogens is 2. The van der Waals surface area contributed by atoms with Crippen LogP contribution >= 0.6 is 11.8 Å². The largest absolute Gasteiger partial charge is 0.441 e. The Morgan fingerprint density at radius 3 is 2.88 bits per heavy atom. The van der Waals surface area contributed by atoms with E-state index in [-0.39, 0.29) is 36.4 Å². The summed E-state index contributed by atoms with van der Waals surface area (Å²) in [6, 6.07) is 0. The van der Waals surface area contributed by atoms with E-state index in [1.165, 1.54) is 0 Å². The lowest BCUT2D eigenvalue weighted by Gasteiger charge is -2.06. The minimum atomic E-state index is -4.23. The van der Waals surface area contributed by atoms with Gasteiger partial charge in [-0.15, -0.1) is 0 Å². The smallest absolute Gasteiger partial charge is 0.355 e. The van der Waals surface area contributed by atoms with Gasteiger partial charge in [0.25, 0.3) is 0 Å². The molecule has 17 heavy (non-hydrogen) atoms. The number of nitrogens with zero attached hydrogens (tertiary/aromatic N) is 1. The highest BCUT2D eigenvalue weighted by Gasteiger charge is 2.27. The first-order valence-corrected chi connectivity index (χ1v) is 5.91. The fraction of sp³-hybridized carbons (Fsp3) is 0.556. The van der Waals surface area contributed by atoms with E-state index in [4.69, 9.17) is 0 Å². The summed E-state index contributed by atoms with van der Waals surface area (Å²) in [7, 11) is 0. The van der Waals surface area contributed by atoms with Gasteiger partial charge in [-0.3, -0.25) is 9.89 Å². The Balaban J connectivity index is 2.06. The van der Waals surface area contributed by atoms with E-state index in [1.54, 1.807) is 12.4 Å². The first-order chi connectivity index (χ1) is 7.97. The molecule has 1 rings (SSSR count). The van der Waals surface area contributed by atoms with Crippen LogP contribution in [0.3, 0.4) is 0 Å². The summed E-state index contributed by atoms with van der Waals surface area (Å²) in [5.41, 5.74) is -3.34. The second-order valence-corrected chi connectivity index (χ2v) is 4.41. The SMILES string of the molecule is O=C(CCc1cn[nH]c1)NCCSC(F)(F)F. The molecule has 4 nitrogen and oxygen atoms in total. The lowest BCUT2D eigenvalue weighted by atomic mass is 10.2. The number of hydrogen-bond acceptors (Lipinski definition) is 3. The molecule has 0 bridgehead atoms. The van der Waals surface area contributed by atoms with Crippen LogP contribution in [0.1, 0.15) is 12.0 Å². The fourth-order valence-corrected chi connectivity index (χ4v) is 1.55. The molecule has 0 saturated heterocycles. The summed E-state index contributed by atoms with van der Waals surface area (Å²) in [6.45, 7) is 0.0222. The number of thioether (sulfide) groups is 1. The van der Waals surface area contributed by atoms with E-state index in [0.29, 0.717) is 6.42 Å². The van der Waals surface area contributed by atoms with Crippen molar-refractivity contribution in [1.82, 2.24) is 15.5 Å². The zero-order valence-corrected chi connectivity index (χ0v) is 9.70. The van der Waals surface area contributed by atoms with Crippen molar-refractivity contribution in [3.8, 4) is 0 Å². The summed E-state index contributed by atoms with van der Waals surface area (Å²) in [5.74, 6) is -0.421. The van der Waals surface area contributed by atoms with Gasteiger partial charge in [0, 0.05) is 24.9 Å². The van der Waals surface area contributed by atoms with E-state index < -0.39 is 5.51 Å². The molecular weight excluding hydrogens is 255 g/mol. The van der Waals surface area contributed by atoms with Crippen molar-refractivity contribution in [2.45, 2.75) is 18.3 Å². The second kappa shape index (κ2) is 6.53. The number of aryl methyl sites for hydroxylation is 1. The Bertz CT molecular complexity index is 340. The highest BCUT2D eigenvalue weighted by atomic mass is 32.2. The second-order valence-electron chi connectivity index (χ2n) is 3.25. The van der Waals surface area contributed by atoms with E-state index in [2.05, 4.69) is 15.5 Å². The van der Waals surface area contributed by atoms with Crippen LogP contribution in [-0.4, -0.2) is 33.9 Å². The number of aromatic amines is 1. The normalized spacial score (nSPS) is 11.5. The summed E-state index contributed by atoms with van der Waals surface area (Å²) in [4.78, 5) is 11.2. The molecule has 0 fully saturated rings. The number of rotatable bonds is 6. The maximum Gasteiger partial charge on any atom is 0.441 e. The van der Waals surface area contributed by atoms with Crippen LogP contribution in [0, 0.1) is 0 Å². The van der Waals surface area contributed by atoms with E-state index >= 15 is 0 Å². The third-order valence-corrected chi connectivity index (χ3v) is 2.62. The molecule has 0 unspecified atom stereocenters. The number of hydrogen-bond donors (Lipinski definition) is 2. The van der Waals surface area contributed by atoms with Gasteiger partial charge in [-0.05, 0) is 23.7 Å². The molecule has 2 N–H and O–H groups in total. The van der Waals surface area contributed by atoms with Crippen molar-refractivity contribution in [2.75, 3.05) is 12.3 Å². The highest BCUT2D eigenvalue weighted by molar-refractivity contribution is 8.00. The molecule has 0 aromatic carbocycles. The van der Waals surface area contributed by atoms with Gasteiger partial charge in [0.2, 0.25) is 5.91 Å². The van der Waals surface area contributed by atoms with Crippen LogP contribution in [0.4, 0.5) is 13.2 Å². The minimum Gasteiger partial charge on any atom is -0.355 e. The monoisotopic (exact) mass is 267 g/mol. The fourth-order valence-electron chi connectivity index (χ4n) is 1.12. The Labute approximate surface area is 100 Å². The van der Waals surface area contributed by atoms with Gasteiger partial charge in [-0.2, -0.15) is 18.3 Å². The van der Waals surface area contributed by atoms with Crippen LogP contribution < -0.4 is 5.32 Å². The number of H-pyrrole nitrogens is 1. The van der Waals surface area contributed by atoms with Gasteiger partial charge in [0.05, 0.1) is 6.20 Å². The van der Waals surface area contributed by atoms with Crippen molar-refractivity contribution >= 4 is 17.7 Å². The van der Waals surface area contributed by atoms with Crippen molar-refractivity contribution in [1.29, 1.82) is 0 Å². The van der Waals surface area contributed by atoms with Gasteiger partial charge < -0.3 is 5.32 Å². The predicted molar refractivity (Wildman–Crippen MR) is 58.4 cm³/mol. The van der Waals surface area contributed by atoms with Gasteiger partial charge in [-0.1, -0.05) is 0 Å². The molecule has 1 aromatic heterocycles. The zero-order chi connectivity index (χ0) is 12.7. The van der Waals surface area contributed by atoms with Crippen molar-refractivity contribution in [3.63, 3.8) is 0 Å². The summed E-state index contributed by atoms with van der Waals surface area (Å²) in [5, 5.41) is 8.76. The molecule has 0 aliphatic heterocycles. The van der Waals surface area contributed by atoms with E-state index in [0.717, 1.165) is 5.56 Å². The maximum absolute atomic E-state index is 11.8. The number of halogens is 3. The molecule has 0 aliphatic rings. The van der Waals surface area contributed by atoms with Gasteiger partial charge in [-0.25, -0.2) is 0 Å². The van der Waals surface area contributed by atoms with Crippen molar-refractivity contribution in [3.05, 3.63) is 18.0 Å². The highest BCUT2D eigenvalue weighted by Crippen LogP contribution is 2.29. The van der Waals surface area contributed by atoms with Crippen molar-refractivity contribution in [2.24, 2.45) is 0 Å². The Kier molecular flexibility index (Phi) is 5.33. The first-order valence-electron chi connectivity index (χ1n) is 4.92. The third kappa shape index (κ3) is 6.88. The molecule has 96 valence electrons. The molecule has 0 atom stereocenters. The van der Waals surface area contributed by atoms with E-state index in [9.17, 15) is 18.0 Å². The predicted octanol–water partition coefficient (Wildman–Crippen LogP) is 1.71. The lowest BCUT2D eigenvalue weighted by molar-refractivity contribution is -0.120. The standard InChI is InChI=1S/C9H12F3N3OS/c10-9(11,12)17-4-3-13-8(16)2-1-7-5-14-15-6-7/h5-6H,1-4H2,(H,13,16)(H,14,15). The molecule has 1 aromatic rings. The number of carbonyl (C=O) groups is 1. The average Bonchev–Trinajstić information content (AvgIpc) is 2.73. The molecule has 0 saturated carbocycles. The lowest BCUT2D eigenvalue weighted by Crippen LogP contribution is -2.26. The van der Waals surface area contributed by atoms with Gasteiger partial charge in [0.1, 0.15) is 0 Å². The topological polar surface area (TPSA) is 57.8 Å². The van der Waals surface area contributed by atoms with Crippen LogP contribution in [-0.2, 0) is 11.2 Å². The zero-order valence-electron chi connectivity index (χ0n) is 8.88. The minimum absolute atomic E-state index is 0.0222. The summed E-state index contributed by atoms with van der Waals surface area (Å²) in [6.07, 6.45) is 4.05. The molecule has 0 spiro atoms. The van der Waals surface area contributed by atoms with Crippen LogP contribution in [0.15, 0.2) is 12.4 Å². The number of alkyl halides is 3. The van der Waals surface area contributed by atoms with Gasteiger partial charge >= 0.3 is 5.51 Å². The molecule has 8 heteroatoms. The molecule has 1 amide bonds. The number of amides is 1. The van der Waals surface area contributed by atoms with E-state index in [1.807, 2.05) is 0 Å². The Morgan fingerprint density at radius 2 is 2.29 bits per heavy atom. The summed E-state index contributed by atoms with van der Waals surface area (Å²) >= 11 is -0.138. The Hall–Kier alpha value is -1.18. The summed E-state index contributed by atoms with van der Waals surface area (Å²) < 4.78 is 35.3. The molecule has 0 radical (unpaired) electrons.